The van der Waals surface area contributed by atoms with Crippen LogP contribution in [0.4, 0.5) is 4.79 Å². The van der Waals surface area contributed by atoms with E-state index in [2.05, 4.69) is 22.3 Å². The molecular formula is C16H21N3O2. The predicted octanol–water partition coefficient (Wildman–Crippen LogP) is 1.59. The quantitative estimate of drug-likeness (QED) is 0.856. The molecule has 1 aromatic rings. The first-order valence-electron chi connectivity index (χ1n) is 7.60. The Bertz CT molecular complexity index is 502. The Kier molecular flexibility index (Phi) is 4.20. The third-order valence-electron chi connectivity index (χ3n) is 4.31. The molecule has 0 spiro atoms. The molecule has 1 atom stereocenters. The van der Waals surface area contributed by atoms with Crippen molar-refractivity contribution in [3.63, 3.8) is 0 Å². The maximum Gasteiger partial charge on any atom is 0.324 e. The van der Waals surface area contributed by atoms with Gasteiger partial charge in [-0.15, -0.1) is 0 Å². The molecular weight excluding hydrogens is 266 g/mol. The van der Waals surface area contributed by atoms with Crippen molar-refractivity contribution in [3.05, 3.63) is 35.9 Å². The van der Waals surface area contributed by atoms with Gasteiger partial charge in [0.15, 0.2) is 0 Å². The number of nitrogens with zero attached hydrogens (tertiary/aromatic N) is 2. The van der Waals surface area contributed by atoms with Gasteiger partial charge in [-0.2, -0.15) is 0 Å². The molecule has 3 amide bonds. The number of hydrogen-bond donors (Lipinski definition) is 1. The first-order chi connectivity index (χ1) is 10.2. The van der Waals surface area contributed by atoms with Crippen LogP contribution >= 0.6 is 0 Å². The van der Waals surface area contributed by atoms with E-state index in [-0.39, 0.29) is 24.5 Å². The van der Waals surface area contributed by atoms with Crippen molar-refractivity contribution < 1.29 is 9.59 Å². The highest BCUT2D eigenvalue weighted by atomic mass is 16.2. The summed E-state index contributed by atoms with van der Waals surface area (Å²) >= 11 is 0. The van der Waals surface area contributed by atoms with E-state index in [1.807, 2.05) is 18.2 Å². The number of carbonyl (C=O) groups is 2. The predicted molar refractivity (Wildman–Crippen MR) is 79.6 cm³/mol. The minimum absolute atomic E-state index is 0.106. The SMILES string of the molecule is O=C1CNC(=O)N1C[C@H]1CCCCN1Cc1ccccc1. The Morgan fingerprint density at radius 1 is 1.14 bits per heavy atom. The molecule has 0 aromatic heterocycles. The van der Waals surface area contributed by atoms with Crippen LogP contribution in [-0.2, 0) is 11.3 Å². The minimum Gasteiger partial charge on any atom is -0.329 e. The van der Waals surface area contributed by atoms with Crippen LogP contribution in [0.25, 0.3) is 0 Å². The molecule has 3 rings (SSSR count). The molecule has 2 fully saturated rings. The van der Waals surface area contributed by atoms with Crippen molar-refractivity contribution >= 4 is 11.9 Å². The van der Waals surface area contributed by atoms with Crippen LogP contribution in [-0.4, -0.2) is 47.4 Å². The van der Waals surface area contributed by atoms with Crippen molar-refractivity contribution in [2.75, 3.05) is 19.6 Å². The highest BCUT2D eigenvalue weighted by Gasteiger charge is 2.33. The summed E-state index contributed by atoms with van der Waals surface area (Å²) in [6, 6.07) is 10.4. The molecule has 2 aliphatic heterocycles. The Balaban J connectivity index is 1.67. The number of piperidine rings is 1. The summed E-state index contributed by atoms with van der Waals surface area (Å²) in [6.07, 6.45) is 3.40. The fourth-order valence-corrected chi connectivity index (χ4v) is 3.14. The van der Waals surface area contributed by atoms with Crippen LogP contribution in [0.3, 0.4) is 0 Å². The molecule has 0 saturated carbocycles. The number of amides is 3. The van der Waals surface area contributed by atoms with Crippen molar-refractivity contribution in [2.24, 2.45) is 0 Å². The molecule has 1 N–H and O–H groups in total. The van der Waals surface area contributed by atoms with Crippen LogP contribution in [0.5, 0.6) is 0 Å². The zero-order valence-electron chi connectivity index (χ0n) is 12.1. The molecule has 5 heteroatoms. The van der Waals surface area contributed by atoms with Crippen LogP contribution in [0.2, 0.25) is 0 Å². The van der Waals surface area contributed by atoms with Gasteiger partial charge in [-0.3, -0.25) is 14.6 Å². The molecule has 2 aliphatic rings. The fourth-order valence-electron chi connectivity index (χ4n) is 3.14. The van der Waals surface area contributed by atoms with Crippen molar-refractivity contribution in [2.45, 2.75) is 31.8 Å². The highest BCUT2D eigenvalue weighted by molar-refractivity contribution is 6.01. The summed E-state index contributed by atoms with van der Waals surface area (Å²) in [5, 5.41) is 2.59. The maximum atomic E-state index is 11.7. The second kappa shape index (κ2) is 6.26. The molecule has 0 radical (unpaired) electrons. The summed E-state index contributed by atoms with van der Waals surface area (Å²) < 4.78 is 0. The van der Waals surface area contributed by atoms with Gasteiger partial charge in [0.25, 0.3) is 0 Å². The number of likely N-dealkylation sites (tertiary alicyclic amines) is 1. The second-order valence-electron chi connectivity index (χ2n) is 5.77. The zero-order chi connectivity index (χ0) is 14.7. The standard InChI is InChI=1S/C16H21N3O2/c20-15-10-17-16(21)19(15)12-14-8-4-5-9-18(14)11-13-6-2-1-3-7-13/h1-3,6-7,14H,4-5,8-12H2,(H,17,21)/t14-/m1/s1. The highest BCUT2D eigenvalue weighted by Crippen LogP contribution is 2.21. The van der Waals surface area contributed by atoms with Crippen molar-refractivity contribution in [3.8, 4) is 0 Å². The largest absolute Gasteiger partial charge is 0.329 e. The normalized spacial score (nSPS) is 23.4. The third-order valence-corrected chi connectivity index (χ3v) is 4.31. The van der Waals surface area contributed by atoms with Gasteiger partial charge in [-0.05, 0) is 24.9 Å². The lowest BCUT2D eigenvalue weighted by molar-refractivity contribution is -0.125. The summed E-state index contributed by atoms with van der Waals surface area (Å²) in [5.41, 5.74) is 1.28. The lowest BCUT2D eigenvalue weighted by Gasteiger charge is -2.37. The molecule has 0 unspecified atom stereocenters. The summed E-state index contributed by atoms with van der Waals surface area (Å²) in [6.45, 7) is 2.57. The second-order valence-corrected chi connectivity index (χ2v) is 5.77. The number of imide groups is 1. The third kappa shape index (κ3) is 3.24. The van der Waals surface area contributed by atoms with Gasteiger partial charge in [-0.25, -0.2) is 4.79 Å². The van der Waals surface area contributed by atoms with Crippen LogP contribution in [0, 0.1) is 0 Å². The van der Waals surface area contributed by atoms with E-state index in [0.29, 0.717) is 6.54 Å². The van der Waals surface area contributed by atoms with Crippen LogP contribution < -0.4 is 5.32 Å². The van der Waals surface area contributed by atoms with Gasteiger partial charge in [0.2, 0.25) is 5.91 Å². The minimum atomic E-state index is -0.245. The van der Waals surface area contributed by atoms with E-state index in [4.69, 9.17) is 0 Å². The number of rotatable bonds is 4. The molecule has 21 heavy (non-hydrogen) atoms. The van der Waals surface area contributed by atoms with E-state index in [9.17, 15) is 9.59 Å². The lowest BCUT2D eigenvalue weighted by Crippen LogP contribution is -2.48. The van der Waals surface area contributed by atoms with Gasteiger partial charge in [0, 0.05) is 19.1 Å². The summed E-state index contributed by atoms with van der Waals surface area (Å²) in [4.78, 5) is 27.2. The topological polar surface area (TPSA) is 52.7 Å². The van der Waals surface area contributed by atoms with E-state index < -0.39 is 0 Å². The molecule has 2 saturated heterocycles. The molecule has 1 aromatic carbocycles. The number of urea groups is 1. The zero-order valence-corrected chi connectivity index (χ0v) is 12.1. The first-order valence-corrected chi connectivity index (χ1v) is 7.60. The van der Waals surface area contributed by atoms with Gasteiger partial charge in [0.1, 0.15) is 0 Å². The Hall–Kier alpha value is -1.88. The first kappa shape index (κ1) is 14.1. The number of nitrogens with one attached hydrogen (secondary N) is 1. The van der Waals surface area contributed by atoms with Crippen molar-refractivity contribution in [1.82, 2.24) is 15.1 Å². The van der Waals surface area contributed by atoms with Gasteiger partial charge < -0.3 is 5.32 Å². The van der Waals surface area contributed by atoms with Crippen molar-refractivity contribution in [1.29, 1.82) is 0 Å². The van der Waals surface area contributed by atoms with Gasteiger partial charge >= 0.3 is 6.03 Å². The summed E-state index contributed by atoms with van der Waals surface area (Å²) in [5.74, 6) is -0.106. The molecule has 5 nitrogen and oxygen atoms in total. The Morgan fingerprint density at radius 2 is 1.95 bits per heavy atom. The van der Waals surface area contributed by atoms with E-state index in [1.165, 1.54) is 23.3 Å². The summed E-state index contributed by atoms with van der Waals surface area (Å²) in [7, 11) is 0. The lowest BCUT2D eigenvalue weighted by atomic mass is 10.0. The average molecular weight is 287 g/mol. The number of carbonyl (C=O) groups excluding carboxylic acids is 2. The molecule has 0 aliphatic carbocycles. The van der Waals surface area contributed by atoms with E-state index in [1.54, 1.807) is 0 Å². The molecule has 2 heterocycles. The number of benzene rings is 1. The van der Waals surface area contributed by atoms with E-state index >= 15 is 0 Å². The number of hydrogen-bond acceptors (Lipinski definition) is 3. The average Bonchev–Trinajstić information content (AvgIpc) is 2.82. The van der Waals surface area contributed by atoms with Crippen LogP contribution in [0.1, 0.15) is 24.8 Å². The molecule has 0 bridgehead atoms. The monoisotopic (exact) mass is 287 g/mol. The van der Waals surface area contributed by atoms with Gasteiger partial charge in [0.05, 0.1) is 6.54 Å². The maximum absolute atomic E-state index is 11.7. The Morgan fingerprint density at radius 3 is 2.67 bits per heavy atom. The van der Waals surface area contributed by atoms with E-state index in [0.717, 1.165) is 19.5 Å². The molecule has 112 valence electrons. The fraction of sp³-hybridized carbons (Fsp3) is 0.500. The smallest absolute Gasteiger partial charge is 0.324 e. The van der Waals surface area contributed by atoms with Crippen LogP contribution in [0.15, 0.2) is 30.3 Å². The van der Waals surface area contributed by atoms with Gasteiger partial charge in [-0.1, -0.05) is 36.8 Å². The Labute approximate surface area is 124 Å².